The first kappa shape index (κ1) is 16.5. The minimum absolute atomic E-state index is 0.351. The molecule has 0 saturated carbocycles. The van der Waals surface area contributed by atoms with Crippen LogP contribution < -0.4 is 5.73 Å². The maximum absolute atomic E-state index is 11.1. The van der Waals surface area contributed by atoms with Crippen molar-refractivity contribution in [2.45, 2.75) is 32.1 Å². The van der Waals surface area contributed by atoms with Gasteiger partial charge in [-0.3, -0.25) is 4.79 Å². The summed E-state index contributed by atoms with van der Waals surface area (Å²) in [6.07, 6.45) is 6.50. The Labute approximate surface area is 139 Å². The Kier molecular flexibility index (Phi) is 5.02. The van der Waals surface area contributed by atoms with Gasteiger partial charge in [-0.05, 0) is 75.4 Å². The van der Waals surface area contributed by atoms with Crippen LogP contribution in [0.1, 0.15) is 41.6 Å². The van der Waals surface area contributed by atoms with Crippen molar-refractivity contribution >= 4 is 5.91 Å². The number of piperidine rings is 2. The van der Waals surface area contributed by atoms with Crippen LogP contribution in [0.25, 0.3) is 0 Å². The van der Waals surface area contributed by atoms with E-state index < -0.39 is 0 Å². The molecule has 1 atom stereocenters. The molecule has 2 fully saturated rings. The Bertz CT molecular complexity index is 538. The molecule has 126 valence electrons. The van der Waals surface area contributed by atoms with Gasteiger partial charge >= 0.3 is 0 Å². The molecular formula is C19H29N3O. The first-order valence-electron chi connectivity index (χ1n) is 8.86. The fourth-order valence-corrected chi connectivity index (χ4v) is 4.41. The van der Waals surface area contributed by atoms with E-state index >= 15 is 0 Å². The SMILES string of the molecule is CN1CCCC2(CCCN(CCc3ccc(C(N)=O)cc3)C2)C1. The number of carbonyl (C=O) groups is 1. The zero-order chi connectivity index (χ0) is 16.3. The lowest BCUT2D eigenvalue weighted by Gasteiger charge is -2.48. The number of nitrogens with two attached hydrogens (primary N) is 1. The highest BCUT2D eigenvalue weighted by atomic mass is 16.1. The number of benzene rings is 1. The van der Waals surface area contributed by atoms with Crippen LogP contribution in [-0.2, 0) is 6.42 Å². The molecule has 1 aromatic carbocycles. The third-order valence-corrected chi connectivity index (χ3v) is 5.55. The highest BCUT2D eigenvalue weighted by Gasteiger charge is 2.37. The monoisotopic (exact) mass is 315 g/mol. The zero-order valence-corrected chi connectivity index (χ0v) is 14.3. The van der Waals surface area contributed by atoms with E-state index in [-0.39, 0.29) is 5.91 Å². The Hall–Kier alpha value is -1.39. The molecular weight excluding hydrogens is 286 g/mol. The topological polar surface area (TPSA) is 49.6 Å². The molecule has 2 heterocycles. The number of hydrogen-bond acceptors (Lipinski definition) is 3. The van der Waals surface area contributed by atoms with Crippen LogP contribution in [0.2, 0.25) is 0 Å². The molecule has 4 nitrogen and oxygen atoms in total. The summed E-state index contributed by atoms with van der Waals surface area (Å²) >= 11 is 0. The number of primary amides is 1. The predicted molar refractivity (Wildman–Crippen MR) is 93.5 cm³/mol. The Balaban J connectivity index is 1.54. The fourth-order valence-electron chi connectivity index (χ4n) is 4.41. The number of hydrogen-bond donors (Lipinski definition) is 1. The van der Waals surface area contributed by atoms with E-state index in [1.165, 1.54) is 57.4 Å². The first-order chi connectivity index (χ1) is 11.1. The molecule has 0 radical (unpaired) electrons. The quantitative estimate of drug-likeness (QED) is 0.926. The van der Waals surface area contributed by atoms with E-state index in [9.17, 15) is 4.79 Å². The van der Waals surface area contributed by atoms with Gasteiger partial charge in [0.1, 0.15) is 0 Å². The Morgan fingerprint density at radius 1 is 1.13 bits per heavy atom. The van der Waals surface area contributed by atoms with Gasteiger partial charge in [0.05, 0.1) is 0 Å². The van der Waals surface area contributed by atoms with Crippen molar-refractivity contribution < 1.29 is 4.79 Å². The summed E-state index contributed by atoms with van der Waals surface area (Å²) in [5.41, 5.74) is 7.70. The second kappa shape index (κ2) is 7.02. The molecule has 2 aliphatic rings. The van der Waals surface area contributed by atoms with Crippen molar-refractivity contribution in [2.24, 2.45) is 11.1 Å². The van der Waals surface area contributed by atoms with E-state index in [1.54, 1.807) is 0 Å². The highest BCUT2D eigenvalue weighted by molar-refractivity contribution is 5.92. The predicted octanol–water partition coefficient (Wildman–Crippen LogP) is 2.14. The lowest BCUT2D eigenvalue weighted by molar-refractivity contribution is 0.0235. The Morgan fingerprint density at radius 3 is 2.48 bits per heavy atom. The van der Waals surface area contributed by atoms with Crippen molar-refractivity contribution in [1.82, 2.24) is 9.80 Å². The summed E-state index contributed by atoms with van der Waals surface area (Å²) in [5.74, 6) is -0.351. The summed E-state index contributed by atoms with van der Waals surface area (Å²) in [5, 5.41) is 0. The number of carbonyl (C=O) groups excluding carboxylic acids is 1. The van der Waals surface area contributed by atoms with Gasteiger partial charge in [-0.25, -0.2) is 0 Å². The lowest BCUT2D eigenvalue weighted by atomic mass is 9.74. The summed E-state index contributed by atoms with van der Waals surface area (Å²) in [7, 11) is 2.26. The van der Waals surface area contributed by atoms with E-state index in [4.69, 9.17) is 5.73 Å². The van der Waals surface area contributed by atoms with Crippen molar-refractivity contribution in [3.8, 4) is 0 Å². The van der Waals surface area contributed by atoms with Gasteiger partial charge in [0.2, 0.25) is 5.91 Å². The lowest BCUT2D eigenvalue weighted by Crippen LogP contribution is -2.51. The molecule has 0 aliphatic carbocycles. The van der Waals surface area contributed by atoms with Gasteiger partial charge in [0.25, 0.3) is 0 Å². The average molecular weight is 315 g/mol. The Morgan fingerprint density at radius 2 is 1.83 bits per heavy atom. The second-order valence-electron chi connectivity index (χ2n) is 7.53. The number of nitrogens with zero attached hydrogens (tertiary/aromatic N) is 2. The largest absolute Gasteiger partial charge is 0.366 e. The van der Waals surface area contributed by atoms with Crippen molar-refractivity contribution in [2.75, 3.05) is 39.8 Å². The molecule has 0 aromatic heterocycles. The summed E-state index contributed by atoms with van der Waals surface area (Å²) in [6.45, 7) is 6.10. The molecule has 2 N–H and O–H groups in total. The molecule has 1 unspecified atom stereocenters. The van der Waals surface area contributed by atoms with Gasteiger partial charge in [0.15, 0.2) is 0 Å². The van der Waals surface area contributed by atoms with Crippen molar-refractivity contribution in [3.05, 3.63) is 35.4 Å². The summed E-state index contributed by atoms with van der Waals surface area (Å²) in [4.78, 5) is 16.3. The molecule has 4 heteroatoms. The van der Waals surface area contributed by atoms with Crippen LogP contribution in [0, 0.1) is 5.41 Å². The van der Waals surface area contributed by atoms with Gasteiger partial charge in [0, 0.05) is 25.2 Å². The maximum atomic E-state index is 11.1. The molecule has 1 amide bonds. The van der Waals surface area contributed by atoms with Crippen molar-refractivity contribution in [1.29, 1.82) is 0 Å². The van der Waals surface area contributed by atoms with Gasteiger partial charge in [-0.1, -0.05) is 12.1 Å². The smallest absolute Gasteiger partial charge is 0.248 e. The number of likely N-dealkylation sites (tertiary alicyclic amines) is 2. The first-order valence-corrected chi connectivity index (χ1v) is 8.86. The van der Waals surface area contributed by atoms with E-state index in [0.29, 0.717) is 11.0 Å². The normalized spacial score (nSPS) is 26.5. The second-order valence-corrected chi connectivity index (χ2v) is 7.53. The fraction of sp³-hybridized carbons (Fsp3) is 0.632. The van der Waals surface area contributed by atoms with Gasteiger partial charge in [-0.2, -0.15) is 0 Å². The molecule has 1 aromatic rings. The molecule has 3 rings (SSSR count). The molecule has 1 spiro atoms. The van der Waals surface area contributed by atoms with Crippen LogP contribution in [0.15, 0.2) is 24.3 Å². The van der Waals surface area contributed by atoms with Crippen LogP contribution in [0.3, 0.4) is 0 Å². The molecule has 23 heavy (non-hydrogen) atoms. The van der Waals surface area contributed by atoms with Crippen molar-refractivity contribution in [3.63, 3.8) is 0 Å². The van der Waals surface area contributed by atoms with Crippen LogP contribution >= 0.6 is 0 Å². The summed E-state index contributed by atoms with van der Waals surface area (Å²) in [6, 6.07) is 7.75. The third-order valence-electron chi connectivity index (χ3n) is 5.55. The number of rotatable bonds is 4. The van der Waals surface area contributed by atoms with Crippen LogP contribution in [0.4, 0.5) is 0 Å². The molecule has 2 saturated heterocycles. The molecule has 2 aliphatic heterocycles. The maximum Gasteiger partial charge on any atom is 0.248 e. The van der Waals surface area contributed by atoms with Crippen LogP contribution in [0.5, 0.6) is 0 Å². The minimum atomic E-state index is -0.351. The highest BCUT2D eigenvalue weighted by Crippen LogP contribution is 2.37. The number of amides is 1. The van der Waals surface area contributed by atoms with E-state index in [0.717, 1.165) is 13.0 Å². The average Bonchev–Trinajstić information content (AvgIpc) is 2.53. The summed E-state index contributed by atoms with van der Waals surface area (Å²) < 4.78 is 0. The van der Waals surface area contributed by atoms with E-state index in [1.807, 2.05) is 24.3 Å². The zero-order valence-electron chi connectivity index (χ0n) is 14.3. The minimum Gasteiger partial charge on any atom is -0.366 e. The van der Waals surface area contributed by atoms with Crippen LogP contribution in [-0.4, -0.2) is 55.5 Å². The third kappa shape index (κ3) is 4.12. The van der Waals surface area contributed by atoms with Gasteiger partial charge < -0.3 is 15.5 Å². The standard InChI is InChI=1S/C19H29N3O/c1-21-11-2-9-19(14-21)10-3-12-22(15-19)13-8-16-4-6-17(7-5-16)18(20)23/h4-7H,2-3,8-15H2,1H3,(H2,20,23). The van der Waals surface area contributed by atoms with Gasteiger partial charge in [-0.15, -0.1) is 0 Å². The van der Waals surface area contributed by atoms with E-state index in [2.05, 4.69) is 16.8 Å². The molecule has 0 bridgehead atoms.